The third-order valence-corrected chi connectivity index (χ3v) is 5.40. The molecule has 0 radical (unpaired) electrons. The Hall–Kier alpha value is -1.87. The van der Waals surface area contributed by atoms with E-state index >= 15 is 0 Å². The van der Waals surface area contributed by atoms with Gasteiger partial charge in [-0.3, -0.25) is 9.59 Å². The van der Waals surface area contributed by atoms with E-state index in [0.29, 0.717) is 4.88 Å². The largest absolute Gasteiger partial charge is 0.475 e. The summed E-state index contributed by atoms with van der Waals surface area (Å²) in [6.07, 6.45) is -4.74. The molecule has 1 aromatic heterocycles. The molecule has 1 aliphatic heterocycles. The first-order chi connectivity index (χ1) is 11.7. The van der Waals surface area contributed by atoms with Gasteiger partial charge < -0.3 is 4.74 Å². The number of ether oxygens (including phenoxy) is 1. The summed E-state index contributed by atoms with van der Waals surface area (Å²) in [7, 11) is 0. The minimum Gasteiger partial charge on any atom is -0.426 e. The second-order valence-electron chi connectivity index (χ2n) is 5.22. The number of carbonyl (C=O) groups excluding carboxylic acids is 2. The van der Waals surface area contributed by atoms with E-state index in [4.69, 9.17) is 0 Å². The molecule has 3 rings (SSSR count). The molecule has 0 unspecified atom stereocenters. The predicted octanol–water partition coefficient (Wildman–Crippen LogP) is 5.26. The van der Waals surface area contributed by atoms with Gasteiger partial charge in [0.15, 0.2) is 11.6 Å². The van der Waals surface area contributed by atoms with Crippen molar-refractivity contribution in [3.8, 4) is 5.75 Å². The molecular formula is C16H10F4O3S2. The molecule has 0 saturated heterocycles. The van der Waals surface area contributed by atoms with Crippen molar-refractivity contribution < 1.29 is 31.9 Å². The molecule has 2 heterocycles. The van der Waals surface area contributed by atoms with E-state index in [2.05, 4.69) is 4.74 Å². The first kappa shape index (κ1) is 17.9. The summed E-state index contributed by atoms with van der Waals surface area (Å²) in [4.78, 5) is 24.3. The number of benzene rings is 1. The topological polar surface area (TPSA) is 43.4 Å². The van der Waals surface area contributed by atoms with E-state index in [1.54, 1.807) is 17.5 Å². The molecule has 0 amide bonds. The van der Waals surface area contributed by atoms with Crippen LogP contribution in [0.1, 0.15) is 32.9 Å². The SMILES string of the molecule is O=C(CCC(=O)c1cccs1)c1ccc2c(c1)SC(F)(F)C(F)(F)O2. The predicted molar refractivity (Wildman–Crippen MR) is 85.0 cm³/mol. The smallest absolute Gasteiger partial charge is 0.426 e. The Morgan fingerprint density at radius 1 is 1.04 bits per heavy atom. The lowest BCUT2D eigenvalue weighted by molar-refractivity contribution is -0.273. The van der Waals surface area contributed by atoms with Crippen LogP contribution in [0.5, 0.6) is 5.75 Å². The van der Waals surface area contributed by atoms with E-state index in [1.807, 2.05) is 0 Å². The van der Waals surface area contributed by atoms with Crippen molar-refractivity contribution in [2.75, 3.05) is 0 Å². The van der Waals surface area contributed by atoms with Gasteiger partial charge in [0, 0.05) is 18.4 Å². The first-order valence-corrected chi connectivity index (χ1v) is 8.77. The Labute approximate surface area is 148 Å². The van der Waals surface area contributed by atoms with Crippen LogP contribution in [0.3, 0.4) is 0 Å². The van der Waals surface area contributed by atoms with E-state index in [1.165, 1.54) is 17.4 Å². The first-order valence-electron chi connectivity index (χ1n) is 7.07. The molecule has 0 atom stereocenters. The quantitative estimate of drug-likeness (QED) is 0.516. The Bertz CT molecular complexity index is 819. The lowest BCUT2D eigenvalue weighted by Gasteiger charge is -2.31. The monoisotopic (exact) mass is 390 g/mol. The molecular weight excluding hydrogens is 380 g/mol. The fourth-order valence-corrected chi connectivity index (χ4v) is 3.70. The van der Waals surface area contributed by atoms with Crippen LogP contribution in [-0.2, 0) is 0 Å². The average Bonchev–Trinajstić information content (AvgIpc) is 3.07. The number of Topliss-reactive ketones (excluding diaryl/α,β-unsaturated/α-hetero) is 2. The Morgan fingerprint density at radius 3 is 2.44 bits per heavy atom. The zero-order chi connectivity index (χ0) is 18.2. The highest BCUT2D eigenvalue weighted by Crippen LogP contribution is 2.54. The number of thiophene rings is 1. The molecule has 9 heteroatoms. The van der Waals surface area contributed by atoms with E-state index in [9.17, 15) is 27.2 Å². The number of carbonyl (C=O) groups is 2. The van der Waals surface area contributed by atoms with Gasteiger partial charge in [0.05, 0.1) is 9.77 Å². The van der Waals surface area contributed by atoms with Crippen molar-refractivity contribution in [1.29, 1.82) is 0 Å². The fraction of sp³-hybridized carbons (Fsp3) is 0.250. The average molecular weight is 390 g/mol. The maximum Gasteiger partial charge on any atom is 0.475 e. The highest BCUT2D eigenvalue weighted by atomic mass is 32.2. The zero-order valence-corrected chi connectivity index (χ0v) is 14.1. The van der Waals surface area contributed by atoms with Crippen LogP contribution in [0, 0.1) is 0 Å². The second-order valence-corrected chi connectivity index (χ2v) is 7.33. The Kier molecular flexibility index (Phi) is 4.63. The van der Waals surface area contributed by atoms with Crippen LogP contribution in [0.2, 0.25) is 0 Å². The summed E-state index contributed by atoms with van der Waals surface area (Å²) in [6, 6.07) is 6.72. The van der Waals surface area contributed by atoms with Gasteiger partial charge in [0.1, 0.15) is 5.75 Å². The number of thioether (sulfide) groups is 1. The molecule has 0 saturated carbocycles. The van der Waals surface area contributed by atoms with Gasteiger partial charge in [-0.15, -0.1) is 11.3 Å². The number of halogens is 4. The van der Waals surface area contributed by atoms with Crippen LogP contribution in [0.25, 0.3) is 0 Å². The molecule has 0 aliphatic carbocycles. The molecule has 132 valence electrons. The molecule has 0 spiro atoms. The van der Waals surface area contributed by atoms with E-state index < -0.39 is 22.9 Å². The molecule has 0 bridgehead atoms. The van der Waals surface area contributed by atoms with Crippen molar-refractivity contribution in [2.24, 2.45) is 0 Å². The van der Waals surface area contributed by atoms with Crippen LogP contribution < -0.4 is 4.74 Å². The van der Waals surface area contributed by atoms with Gasteiger partial charge in [0.25, 0.3) is 0 Å². The van der Waals surface area contributed by atoms with Crippen LogP contribution in [0.15, 0.2) is 40.6 Å². The molecule has 0 N–H and O–H groups in total. The Morgan fingerprint density at radius 2 is 1.76 bits per heavy atom. The summed E-state index contributed by atoms with van der Waals surface area (Å²) >= 11 is 0.911. The summed E-state index contributed by atoms with van der Waals surface area (Å²) < 4.78 is 57.1. The summed E-state index contributed by atoms with van der Waals surface area (Å²) in [5.74, 6) is -1.04. The van der Waals surface area contributed by atoms with Gasteiger partial charge in [-0.25, -0.2) is 0 Å². The van der Waals surface area contributed by atoms with E-state index in [-0.39, 0.29) is 40.8 Å². The summed E-state index contributed by atoms with van der Waals surface area (Å²) in [5, 5.41) is -2.69. The maximum atomic E-state index is 13.4. The third kappa shape index (κ3) is 3.57. The van der Waals surface area contributed by atoms with Gasteiger partial charge >= 0.3 is 11.4 Å². The van der Waals surface area contributed by atoms with Crippen LogP contribution in [0.4, 0.5) is 17.6 Å². The molecule has 1 aromatic carbocycles. The molecule has 0 fully saturated rings. The van der Waals surface area contributed by atoms with Gasteiger partial charge in [-0.2, -0.15) is 17.6 Å². The lowest BCUT2D eigenvalue weighted by atomic mass is 10.0. The molecule has 2 aromatic rings. The number of fused-ring (bicyclic) bond motifs is 1. The highest BCUT2D eigenvalue weighted by molar-refractivity contribution is 8.00. The third-order valence-electron chi connectivity index (χ3n) is 3.46. The van der Waals surface area contributed by atoms with Crippen molar-refractivity contribution in [2.45, 2.75) is 29.1 Å². The van der Waals surface area contributed by atoms with Crippen LogP contribution in [-0.4, -0.2) is 22.9 Å². The zero-order valence-electron chi connectivity index (χ0n) is 12.4. The van der Waals surface area contributed by atoms with Gasteiger partial charge in [0.2, 0.25) is 0 Å². The lowest BCUT2D eigenvalue weighted by Crippen LogP contribution is -2.45. The van der Waals surface area contributed by atoms with Crippen molar-refractivity contribution in [3.05, 3.63) is 46.2 Å². The second kappa shape index (κ2) is 6.45. The Balaban J connectivity index is 1.72. The summed E-state index contributed by atoms with van der Waals surface area (Å²) in [5.41, 5.74) is 0.0647. The van der Waals surface area contributed by atoms with Gasteiger partial charge in [-0.05, 0) is 41.4 Å². The van der Waals surface area contributed by atoms with Crippen molar-refractivity contribution in [1.82, 2.24) is 0 Å². The number of hydrogen-bond acceptors (Lipinski definition) is 5. The van der Waals surface area contributed by atoms with E-state index in [0.717, 1.165) is 12.1 Å². The molecule has 3 nitrogen and oxygen atoms in total. The molecule has 1 aliphatic rings. The van der Waals surface area contributed by atoms with Crippen molar-refractivity contribution >= 4 is 34.7 Å². The minimum absolute atomic E-state index is 0.0195. The maximum absolute atomic E-state index is 13.4. The minimum atomic E-state index is -4.62. The van der Waals surface area contributed by atoms with Gasteiger partial charge in [-0.1, -0.05) is 6.07 Å². The number of rotatable bonds is 5. The molecule has 25 heavy (non-hydrogen) atoms. The number of hydrogen-bond donors (Lipinski definition) is 0. The number of ketones is 2. The highest BCUT2D eigenvalue weighted by Gasteiger charge is 2.63. The summed E-state index contributed by atoms with van der Waals surface area (Å²) in [6.45, 7) is 0. The fourth-order valence-electron chi connectivity index (χ4n) is 2.17. The number of alkyl halides is 4. The standard InChI is InChI=1S/C16H10F4O3S2/c17-15(18)16(19,20)25-14-8-9(3-6-12(14)23-15)10(21)4-5-11(22)13-2-1-7-24-13/h1-3,6-8H,4-5H2. The van der Waals surface area contributed by atoms with Crippen LogP contribution >= 0.6 is 23.1 Å². The van der Waals surface area contributed by atoms with Crippen molar-refractivity contribution in [3.63, 3.8) is 0 Å². The normalized spacial score (nSPS) is 17.4.